The molecule has 0 aliphatic carbocycles. The van der Waals surface area contributed by atoms with E-state index in [0.29, 0.717) is 31.7 Å². The molecule has 1 saturated heterocycles. The lowest BCUT2D eigenvalue weighted by Crippen LogP contribution is -2.52. The number of nitrogens with one attached hydrogen (secondary N) is 1. The van der Waals surface area contributed by atoms with Gasteiger partial charge in [-0.25, -0.2) is 9.18 Å². The predicted molar refractivity (Wildman–Crippen MR) is 72.5 cm³/mol. The number of amides is 3. The molecule has 2 rings (SSSR count). The average Bonchev–Trinajstić information content (AvgIpc) is 2.46. The standard InChI is InChI=1S/C14H18FN3O2/c1-11(19)17-6-8-18(9-7-17)14(20)16-10-12-4-2-3-5-13(12)15/h2-5H,6-10H2,1H3,(H,16,20). The summed E-state index contributed by atoms with van der Waals surface area (Å²) in [6, 6.07) is 6.13. The largest absolute Gasteiger partial charge is 0.339 e. The number of halogens is 1. The molecule has 0 spiro atoms. The van der Waals surface area contributed by atoms with E-state index in [1.54, 1.807) is 28.0 Å². The van der Waals surface area contributed by atoms with Crippen LogP contribution in [0.15, 0.2) is 24.3 Å². The minimum Gasteiger partial charge on any atom is -0.339 e. The van der Waals surface area contributed by atoms with E-state index < -0.39 is 0 Å². The molecule has 1 aromatic rings. The van der Waals surface area contributed by atoms with Gasteiger partial charge in [0.15, 0.2) is 0 Å². The van der Waals surface area contributed by atoms with E-state index >= 15 is 0 Å². The Hall–Kier alpha value is -2.11. The highest BCUT2D eigenvalue weighted by Gasteiger charge is 2.22. The van der Waals surface area contributed by atoms with Gasteiger partial charge in [0.25, 0.3) is 0 Å². The molecular formula is C14H18FN3O2. The number of carbonyl (C=O) groups is 2. The Morgan fingerprint density at radius 2 is 1.75 bits per heavy atom. The Morgan fingerprint density at radius 1 is 1.15 bits per heavy atom. The third kappa shape index (κ3) is 3.46. The van der Waals surface area contributed by atoms with Crippen LogP contribution in [-0.4, -0.2) is 47.9 Å². The van der Waals surface area contributed by atoms with Crippen LogP contribution in [0.25, 0.3) is 0 Å². The SMILES string of the molecule is CC(=O)N1CCN(C(=O)NCc2ccccc2F)CC1. The summed E-state index contributed by atoms with van der Waals surface area (Å²) in [4.78, 5) is 26.5. The third-order valence-corrected chi connectivity index (χ3v) is 3.40. The lowest BCUT2D eigenvalue weighted by molar-refractivity contribution is -0.130. The smallest absolute Gasteiger partial charge is 0.317 e. The fourth-order valence-electron chi connectivity index (χ4n) is 2.15. The minimum atomic E-state index is -0.325. The molecule has 1 heterocycles. The molecule has 6 heteroatoms. The van der Waals surface area contributed by atoms with Crippen molar-refractivity contribution in [1.29, 1.82) is 0 Å². The van der Waals surface area contributed by atoms with Gasteiger partial charge in [-0.15, -0.1) is 0 Å². The summed E-state index contributed by atoms with van der Waals surface area (Å²) in [7, 11) is 0. The number of urea groups is 1. The molecule has 1 aliphatic rings. The van der Waals surface area contributed by atoms with Crippen LogP contribution in [0.1, 0.15) is 12.5 Å². The molecule has 1 N–H and O–H groups in total. The van der Waals surface area contributed by atoms with Gasteiger partial charge in [-0.2, -0.15) is 0 Å². The Bertz CT molecular complexity index is 499. The lowest BCUT2D eigenvalue weighted by atomic mass is 10.2. The van der Waals surface area contributed by atoms with Crippen LogP contribution in [0.4, 0.5) is 9.18 Å². The van der Waals surface area contributed by atoms with E-state index in [-0.39, 0.29) is 24.3 Å². The lowest BCUT2D eigenvalue weighted by Gasteiger charge is -2.34. The first kappa shape index (κ1) is 14.3. The van der Waals surface area contributed by atoms with E-state index in [0.717, 1.165) is 0 Å². The van der Waals surface area contributed by atoms with Crippen LogP contribution >= 0.6 is 0 Å². The van der Waals surface area contributed by atoms with Gasteiger partial charge < -0.3 is 15.1 Å². The van der Waals surface area contributed by atoms with Crippen molar-refractivity contribution in [3.8, 4) is 0 Å². The summed E-state index contributed by atoms with van der Waals surface area (Å²) in [5.74, 6) is -0.300. The van der Waals surface area contributed by atoms with Crippen molar-refractivity contribution in [1.82, 2.24) is 15.1 Å². The first-order valence-electron chi connectivity index (χ1n) is 6.59. The highest BCUT2D eigenvalue weighted by atomic mass is 19.1. The topological polar surface area (TPSA) is 52.7 Å². The molecule has 0 bridgehead atoms. The number of benzene rings is 1. The summed E-state index contributed by atoms with van der Waals surface area (Å²) in [6.45, 7) is 3.78. The average molecular weight is 279 g/mol. The fourth-order valence-corrected chi connectivity index (χ4v) is 2.15. The molecule has 108 valence electrons. The van der Waals surface area contributed by atoms with Gasteiger partial charge in [0, 0.05) is 45.2 Å². The second-order valence-corrected chi connectivity index (χ2v) is 4.74. The maximum Gasteiger partial charge on any atom is 0.317 e. The quantitative estimate of drug-likeness (QED) is 0.884. The van der Waals surface area contributed by atoms with Crippen molar-refractivity contribution in [3.63, 3.8) is 0 Å². The van der Waals surface area contributed by atoms with E-state index in [9.17, 15) is 14.0 Å². The minimum absolute atomic E-state index is 0.0245. The van der Waals surface area contributed by atoms with Crippen molar-refractivity contribution < 1.29 is 14.0 Å². The second-order valence-electron chi connectivity index (χ2n) is 4.74. The summed E-state index contributed by atoms with van der Waals surface area (Å²) >= 11 is 0. The van der Waals surface area contributed by atoms with Gasteiger partial charge in [-0.1, -0.05) is 18.2 Å². The van der Waals surface area contributed by atoms with Crippen LogP contribution in [-0.2, 0) is 11.3 Å². The zero-order chi connectivity index (χ0) is 14.5. The third-order valence-electron chi connectivity index (χ3n) is 3.40. The Labute approximate surface area is 117 Å². The van der Waals surface area contributed by atoms with E-state index in [2.05, 4.69) is 5.32 Å². The number of hydrogen-bond acceptors (Lipinski definition) is 2. The molecule has 5 nitrogen and oxygen atoms in total. The highest BCUT2D eigenvalue weighted by Crippen LogP contribution is 2.07. The van der Waals surface area contributed by atoms with Crippen LogP contribution in [0.5, 0.6) is 0 Å². The summed E-state index contributed by atoms with van der Waals surface area (Å²) in [5, 5.41) is 2.70. The number of nitrogens with zero attached hydrogens (tertiary/aromatic N) is 2. The molecule has 20 heavy (non-hydrogen) atoms. The normalized spacial score (nSPS) is 15.1. The molecule has 1 fully saturated rings. The van der Waals surface area contributed by atoms with Gasteiger partial charge in [-0.05, 0) is 6.07 Å². The highest BCUT2D eigenvalue weighted by molar-refractivity contribution is 5.76. The number of rotatable bonds is 2. The van der Waals surface area contributed by atoms with Crippen molar-refractivity contribution >= 4 is 11.9 Å². The van der Waals surface area contributed by atoms with Gasteiger partial charge in [-0.3, -0.25) is 4.79 Å². The summed E-state index contributed by atoms with van der Waals surface area (Å²) in [5.41, 5.74) is 0.461. The Balaban J connectivity index is 1.82. The Kier molecular flexibility index (Phi) is 4.55. The maximum absolute atomic E-state index is 13.4. The van der Waals surface area contributed by atoms with Crippen molar-refractivity contribution in [3.05, 3.63) is 35.6 Å². The van der Waals surface area contributed by atoms with Crippen LogP contribution in [0, 0.1) is 5.82 Å². The van der Waals surface area contributed by atoms with Crippen molar-refractivity contribution in [2.45, 2.75) is 13.5 Å². The molecular weight excluding hydrogens is 261 g/mol. The van der Waals surface area contributed by atoms with Crippen LogP contribution in [0.2, 0.25) is 0 Å². The Morgan fingerprint density at radius 3 is 2.35 bits per heavy atom. The van der Waals surface area contributed by atoms with Crippen LogP contribution in [0.3, 0.4) is 0 Å². The molecule has 0 aromatic heterocycles. The van der Waals surface area contributed by atoms with Gasteiger partial charge >= 0.3 is 6.03 Å². The zero-order valence-corrected chi connectivity index (χ0v) is 11.4. The van der Waals surface area contributed by atoms with Gasteiger partial charge in [0.05, 0.1) is 0 Å². The molecule has 0 radical (unpaired) electrons. The molecule has 0 unspecified atom stereocenters. The molecule has 3 amide bonds. The van der Waals surface area contributed by atoms with Crippen LogP contribution < -0.4 is 5.32 Å². The molecule has 0 saturated carbocycles. The van der Waals surface area contributed by atoms with Crippen molar-refractivity contribution in [2.75, 3.05) is 26.2 Å². The fraction of sp³-hybridized carbons (Fsp3) is 0.429. The van der Waals surface area contributed by atoms with E-state index in [1.165, 1.54) is 13.0 Å². The first-order chi connectivity index (χ1) is 9.58. The summed E-state index contributed by atoms with van der Waals surface area (Å²) in [6.07, 6.45) is 0. The maximum atomic E-state index is 13.4. The number of piperazine rings is 1. The van der Waals surface area contributed by atoms with Gasteiger partial charge in [0.2, 0.25) is 5.91 Å². The molecule has 1 aromatic carbocycles. The monoisotopic (exact) mass is 279 g/mol. The second kappa shape index (κ2) is 6.36. The van der Waals surface area contributed by atoms with E-state index in [1.807, 2.05) is 0 Å². The van der Waals surface area contributed by atoms with Crippen molar-refractivity contribution in [2.24, 2.45) is 0 Å². The van der Waals surface area contributed by atoms with E-state index in [4.69, 9.17) is 0 Å². The first-order valence-corrected chi connectivity index (χ1v) is 6.59. The number of hydrogen-bond donors (Lipinski definition) is 1. The van der Waals surface area contributed by atoms with Gasteiger partial charge in [0.1, 0.15) is 5.82 Å². The number of carbonyl (C=O) groups excluding carboxylic acids is 2. The molecule has 0 atom stereocenters. The predicted octanol–water partition coefficient (Wildman–Crippen LogP) is 1.20. The zero-order valence-electron chi connectivity index (χ0n) is 11.4. The summed E-state index contributed by atoms with van der Waals surface area (Å²) < 4.78 is 13.4. The molecule has 1 aliphatic heterocycles.